The molecule has 1 saturated heterocycles. The minimum absolute atomic E-state index is 0.00403. The van der Waals surface area contributed by atoms with Crippen molar-refractivity contribution in [3.63, 3.8) is 0 Å². The van der Waals surface area contributed by atoms with Crippen LogP contribution in [0.5, 0.6) is 5.75 Å². The molecule has 2 aromatic rings. The van der Waals surface area contributed by atoms with Gasteiger partial charge in [0.1, 0.15) is 34.3 Å². The lowest BCUT2D eigenvalue weighted by molar-refractivity contribution is -0.145. The van der Waals surface area contributed by atoms with Crippen molar-refractivity contribution in [3.8, 4) is 5.75 Å². The van der Waals surface area contributed by atoms with Gasteiger partial charge >= 0.3 is 12.1 Å². The summed E-state index contributed by atoms with van der Waals surface area (Å²) in [6.07, 6.45) is 3.75. The van der Waals surface area contributed by atoms with E-state index in [0.717, 1.165) is 31.2 Å². The average Bonchev–Trinajstić information content (AvgIpc) is 3.35. The molecule has 0 spiro atoms. The van der Waals surface area contributed by atoms with E-state index in [1.54, 1.807) is 26.8 Å². The minimum Gasteiger partial charge on any atom is -0.487 e. The lowest BCUT2D eigenvalue weighted by atomic mass is 9.70. The van der Waals surface area contributed by atoms with Crippen LogP contribution in [0.25, 0.3) is 0 Å². The number of carbonyl (C=O) groups is 2. The van der Waals surface area contributed by atoms with Gasteiger partial charge in [0, 0.05) is 12.0 Å². The zero-order valence-corrected chi connectivity index (χ0v) is 25.7. The van der Waals surface area contributed by atoms with Gasteiger partial charge in [-0.1, -0.05) is 41.9 Å². The number of hydrogen-bond donors (Lipinski definition) is 0. The predicted molar refractivity (Wildman–Crippen MR) is 157 cm³/mol. The number of ether oxygens (including phenoxy) is 3. The molecule has 0 aromatic heterocycles. The number of nitrogens with zero attached hydrogens (tertiary/aromatic N) is 2. The van der Waals surface area contributed by atoms with E-state index in [0.29, 0.717) is 12.3 Å². The Bertz CT molecular complexity index is 1220. The van der Waals surface area contributed by atoms with Gasteiger partial charge in [-0.05, 0) is 96.1 Å². The van der Waals surface area contributed by atoms with E-state index in [1.165, 1.54) is 23.6 Å². The maximum absolute atomic E-state index is 15.0. The molecule has 0 radical (unpaired) electrons. The molecule has 1 saturated carbocycles. The van der Waals surface area contributed by atoms with Crippen molar-refractivity contribution in [3.05, 3.63) is 64.4 Å². The van der Waals surface area contributed by atoms with Gasteiger partial charge in [0.25, 0.3) is 0 Å². The number of carbonyl (C=O) groups excluding carboxylic acids is 2. The van der Waals surface area contributed by atoms with Crippen LogP contribution >= 0.6 is 11.6 Å². The SMILES string of the molecule is COC(=O)[C@@H]1C[C@H](Oc2cc(CC3CCC(c4ccccc4)(N(C)C)CC3)cc(F)c2Cl)CN1C(=O)OC(C)(C)C. The van der Waals surface area contributed by atoms with E-state index >= 15 is 0 Å². The quantitative estimate of drug-likeness (QED) is 0.340. The maximum Gasteiger partial charge on any atom is 0.411 e. The monoisotopic (exact) mass is 588 g/mol. The molecular weight excluding hydrogens is 547 g/mol. The molecule has 1 aliphatic heterocycles. The summed E-state index contributed by atoms with van der Waals surface area (Å²) >= 11 is 6.34. The third-order valence-corrected chi connectivity index (χ3v) is 8.70. The average molecular weight is 589 g/mol. The van der Waals surface area contributed by atoms with Crippen molar-refractivity contribution in [2.45, 2.75) is 82.6 Å². The number of esters is 1. The van der Waals surface area contributed by atoms with Gasteiger partial charge in [-0.15, -0.1) is 0 Å². The minimum atomic E-state index is -0.865. The molecule has 4 rings (SSSR count). The van der Waals surface area contributed by atoms with Crippen molar-refractivity contribution in [2.75, 3.05) is 27.7 Å². The summed E-state index contributed by atoms with van der Waals surface area (Å²) in [5, 5.41) is -0.113. The van der Waals surface area contributed by atoms with Crippen molar-refractivity contribution >= 4 is 23.7 Å². The van der Waals surface area contributed by atoms with Crippen LogP contribution in [0.3, 0.4) is 0 Å². The van der Waals surface area contributed by atoms with E-state index in [2.05, 4.69) is 43.3 Å². The van der Waals surface area contributed by atoms with Crippen LogP contribution in [0.1, 0.15) is 64.0 Å². The summed E-state index contributed by atoms with van der Waals surface area (Å²) in [6, 6.07) is 13.1. The first-order valence-corrected chi connectivity index (χ1v) is 14.7. The Kier molecular flexibility index (Phi) is 9.54. The predicted octanol–water partition coefficient (Wildman–Crippen LogP) is 6.60. The number of likely N-dealkylation sites (tertiary alicyclic amines) is 1. The van der Waals surface area contributed by atoms with Gasteiger partial charge in [-0.2, -0.15) is 0 Å². The van der Waals surface area contributed by atoms with Gasteiger partial charge in [-0.3, -0.25) is 9.80 Å². The second kappa shape index (κ2) is 12.6. The molecule has 2 atom stereocenters. The number of hydrogen-bond acceptors (Lipinski definition) is 6. The zero-order chi connectivity index (χ0) is 29.9. The van der Waals surface area contributed by atoms with Crippen molar-refractivity contribution in [1.82, 2.24) is 9.80 Å². The molecule has 1 aliphatic carbocycles. The van der Waals surface area contributed by atoms with E-state index in [1.807, 2.05) is 6.07 Å². The Morgan fingerprint density at radius 2 is 1.78 bits per heavy atom. The fraction of sp³-hybridized carbons (Fsp3) is 0.562. The Hall–Kier alpha value is -2.84. The first-order chi connectivity index (χ1) is 19.3. The molecular formula is C32H42ClFN2O5. The number of amides is 1. The number of rotatable bonds is 7. The fourth-order valence-electron chi connectivity index (χ4n) is 6.20. The molecule has 41 heavy (non-hydrogen) atoms. The van der Waals surface area contributed by atoms with Crippen molar-refractivity contribution in [1.29, 1.82) is 0 Å². The summed E-state index contributed by atoms with van der Waals surface area (Å²) in [7, 11) is 5.56. The Morgan fingerprint density at radius 3 is 2.37 bits per heavy atom. The summed E-state index contributed by atoms with van der Waals surface area (Å²) < 4.78 is 31.5. The molecule has 0 N–H and O–H groups in total. The highest BCUT2D eigenvalue weighted by Crippen LogP contribution is 2.44. The Morgan fingerprint density at radius 1 is 1.12 bits per heavy atom. The van der Waals surface area contributed by atoms with Gasteiger partial charge in [0.15, 0.2) is 0 Å². The maximum atomic E-state index is 15.0. The summed E-state index contributed by atoms with van der Waals surface area (Å²) in [5.41, 5.74) is 1.41. The summed E-state index contributed by atoms with van der Waals surface area (Å²) in [5.74, 6) is -0.495. The van der Waals surface area contributed by atoms with Gasteiger partial charge in [0.2, 0.25) is 0 Å². The molecule has 0 bridgehead atoms. The highest BCUT2D eigenvalue weighted by atomic mass is 35.5. The van der Waals surface area contributed by atoms with E-state index < -0.39 is 35.6 Å². The van der Waals surface area contributed by atoms with Crippen LogP contribution in [0.2, 0.25) is 5.02 Å². The van der Waals surface area contributed by atoms with Gasteiger partial charge in [0.05, 0.1) is 13.7 Å². The van der Waals surface area contributed by atoms with Crippen molar-refractivity contribution < 1.29 is 28.2 Å². The Balaban J connectivity index is 1.46. The normalized spacial score (nSPS) is 24.8. The first kappa shape index (κ1) is 31.1. The molecule has 1 heterocycles. The second-order valence-corrected chi connectivity index (χ2v) is 12.9. The highest BCUT2D eigenvalue weighted by Gasteiger charge is 2.44. The lowest BCUT2D eigenvalue weighted by Gasteiger charge is -2.45. The number of methoxy groups -OCH3 is 1. The third-order valence-electron chi connectivity index (χ3n) is 8.34. The van der Waals surface area contributed by atoms with Crippen LogP contribution in [0.15, 0.2) is 42.5 Å². The van der Waals surface area contributed by atoms with Crippen LogP contribution in [0, 0.1) is 11.7 Å². The second-order valence-electron chi connectivity index (χ2n) is 12.5. The molecule has 9 heteroatoms. The van der Waals surface area contributed by atoms with Crippen LogP contribution in [0.4, 0.5) is 9.18 Å². The van der Waals surface area contributed by atoms with Crippen LogP contribution in [-0.2, 0) is 26.2 Å². The lowest BCUT2D eigenvalue weighted by Crippen LogP contribution is -2.44. The topological polar surface area (TPSA) is 68.3 Å². The van der Waals surface area contributed by atoms with E-state index in [9.17, 15) is 14.0 Å². The van der Waals surface area contributed by atoms with Crippen LogP contribution in [-0.4, -0.2) is 67.4 Å². The van der Waals surface area contributed by atoms with Crippen molar-refractivity contribution in [2.24, 2.45) is 5.92 Å². The standard InChI is InChI=1S/C32H42ClFN2O5/c1-31(2,3)41-30(38)36-20-24(19-26(36)29(37)39-6)40-27-18-22(17-25(34)28(27)33)16-21-12-14-32(15-13-21,35(4)5)23-10-8-7-9-11-23/h7-11,17-18,21,24,26H,12-16,19-20H2,1-6H3/t21?,24-,26-,32?/m0/s1. The smallest absolute Gasteiger partial charge is 0.411 e. The molecule has 0 unspecified atom stereocenters. The van der Waals surface area contributed by atoms with Gasteiger partial charge < -0.3 is 14.2 Å². The largest absolute Gasteiger partial charge is 0.487 e. The molecule has 224 valence electrons. The van der Waals surface area contributed by atoms with E-state index in [-0.39, 0.29) is 29.3 Å². The molecule has 2 aliphatic rings. The summed E-state index contributed by atoms with van der Waals surface area (Å²) in [6.45, 7) is 5.35. The molecule has 2 aromatic carbocycles. The molecule has 7 nitrogen and oxygen atoms in total. The first-order valence-electron chi connectivity index (χ1n) is 14.3. The number of benzene rings is 2. The molecule has 1 amide bonds. The highest BCUT2D eigenvalue weighted by molar-refractivity contribution is 6.32. The Labute approximate surface area is 247 Å². The third kappa shape index (κ3) is 7.15. The zero-order valence-electron chi connectivity index (χ0n) is 24.9. The number of halogens is 2. The van der Waals surface area contributed by atoms with Crippen LogP contribution < -0.4 is 4.74 Å². The van der Waals surface area contributed by atoms with Gasteiger partial charge in [-0.25, -0.2) is 14.0 Å². The van der Waals surface area contributed by atoms with E-state index in [4.69, 9.17) is 25.8 Å². The fourth-order valence-corrected chi connectivity index (χ4v) is 6.35. The summed E-state index contributed by atoms with van der Waals surface area (Å²) in [4.78, 5) is 28.9. The molecule has 2 fully saturated rings.